The molecule has 1 aliphatic rings. The van der Waals surface area contributed by atoms with Gasteiger partial charge >= 0.3 is 0 Å². The summed E-state index contributed by atoms with van der Waals surface area (Å²) in [6.07, 6.45) is 1.35. The predicted molar refractivity (Wildman–Crippen MR) is 95.6 cm³/mol. The highest BCUT2D eigenvalue weighted by Gasteiger charge is 2.34. The normalized spacial score (nSPS) is 15.6. The van der Waals surface area contributed by atoms with Gasteiger partial charge in [0.25, 0.3) is 17.5 Å². The maximum Gasteiger partial charge on any atom is 0.282 e. The molecule has 1 aliphatic heterocycles. The highest BCUT2D eigenvalue weighted by molar-refractivity contribution is 9.10. The highest BCUT2D eigenvalue weighted by atomic mass is 79.9. The molecule has 0 spiro atoms. The number of aryl methyl sites for hydroxylation is 1. The maximum atomic E-state index is 12.5. The highest BCUT2D eigenvalue weighted by Crippen LogP contribution is 2.25. The van der Waals surface area contributed by atoms with Gasteiger partial charge in [0.15, 0.2) is 0 Å². The topological polar surface area (TPSA) is 92.6 Å². The second-order valence-electron chi connectivity index (χ2n) is 5.42. The molecule has 25 heavy (non-hydrogen) atoms. The Morgan fingerprint density at radius 2 is 1.84 bits per heavy atom. The molecule has 2 amide bonds. The van der Waals surface area contributed by atoms with Crippen molar-refractivity contribution in [3.05, 3.63) is 73.8 Å². The van der Waals surface area contributed by atoms with E-state index in [1.54, 1.807) is 43.3 Å². The van der Waals surface area contributed by atoms with Crippen LogP contribution in [0.2, 0.25) is 0 Å². The van der Waals surface area contributed by atoms with Crippen LogP contribution in [0.4, 0.5) is 11.4 Å². The van der Waals surface area contributed by atoms with Gasteiger partial charge in [0.2, 0.25) is 0 Å². The number of hydrazine groups is 1. The molecular formula is C17H12BrN3O4. The van der Waals surface area contributed by atoms with Crippen molar-refractivity contribution < 1.29 is 14.5 Å². The van der Waals surface area contributed by atoms with Crippen molar-refractivity contribution in [1.29, 1.82) is 0 Å². The second kappa shape index (κ2) is 6.48. The monoisotopic (exact) mass is 401 g/mol. The van der Waals surface area contributed by atoms with Gasteiger partial charge in [-0.3, -0.25) is 25.1 Å². The Balaban J connectivity index is 1.95. The maximum absolute atomic E-state index is 12.5. The number of nitro benzene ring substituents is 1. The van der Waals surface area contributed by atoms with Crippen LogP contribution in [0.5, 0.6) is 0 Å². The van der Waals surface area contributed by atoms with Gasteiger partial charge in [-0.2, -0.15) is 0 Å². The number of amides is 2. The Morgan fingerprint density at radius 3 is 2.48 bits per heavy atom. The summed E-state index contributed by atoms with van der Waals surface area (Å²) in [7, 11) is 0. The van der Waals surface area contributed by atoms with Crippen LogP contribution in [0.1, 0.15) is 11.1 Å². The SMILES string of the molecule is Cc1ccc(/C=C2\C(=O)NN(c3ccc(Br)cc3)C2=O)cc1[N+](=O)[O-]. The molecule has 0 radical (unpaired) electrons. The molecular weight excluding hydrogens is 390 g/mol. The van der Waals surface area contributed by atoms with E-state index < -0.39 is 16.7 Å². The predicted octanol–water partition coefficient (Wildman–Crippen LogP) is 3.13. The van der Waals surface area contributed by atoms with E-state index in [-0.39, 0.29) is 11.3 Å². The molecule has 0 bridgehead atoms. The van der Waals surface area contributed by atoms with Crippen LogP contribution in [0.3, 0.4) is 0 Å². The van der Waals surface area contributed by atoms with E-state index in [0.29, 0.717) is 16.8 Å². The molecule has 2 aromatic carbocycles. The van der Waals surface area contributed by atoms with Crippen LogP contribution in [0.25, 0.3) is 6.08 Å². The number of hydrogen-bond acceptors (Lipinski definition) is 4. The van der Waals surface area contributed by atoms with Gasteiger partial charge in [0.05, 0.1) is 10.6 Å². The molecule has 1 fully saturated rings. The number of hydrogen-bond donors (Lipinski definition) is 1. The summed E-state index contributed by atoms with van der Waals surface area (Å²) in [5, 5.41) is 12.2. The molecule has 7 nitrogen and oxygen atoms in total. The van der Waals surface area contributed by atoms with Crippen molar-refractivity contribution >= 4 is 45.2 Å². The average molecular weight is 402 g/mol. The smallest absolute Gasteiger partial charge is 0.267 e. The Morgan fingerprint density at radius 1 is 1.16 bits per heavy atom. The molecule has 1 N–H and O–H groups in total. The lowest BCUT2D eigenvalue weighted by molar-refractivity contribution is -0.385. The van der Waals surface area contributed by atoms with Crippen molar-refractivity contribution in [3.8, 4) is 0 Å². The third kappa shape index (κ3) is 3.29. The van der Waals surface area contributed by atoms with Gasteiger partial charge in [0, 0.05) is 16.1 Å². The fourth-order valence-electron chi connectivity index (χ4n) is 2.41. The number of benzene rings is 2. The van der Waals surface area contributed by atoms with Crippen molar-refractivity contribution in [1.82, 2.24) is 5.43 Å². The molecule has 2 aromatic rings. The number of carbonyl (C=O) groups excluding carboxylic acids is 2. The van der Waals surface area contributed by atoms with Crippen molar-refractivity contribution in [2.45, 2.75) is 6.92 Å². The molecule has 1 heterocycles. The largest absolute Gasteiger partial charge is 0.282 e. The van der Waals surface area contributed by atoms with Crippen LogP contribution in [-0.2, 0) is 9.59 Å². The number of nitro groups is 1. The van der Waals surface area contributed by atoms with E-state index in [4.69, 9.17) is 0 Å². The molecule has 0 saturated carbocycles. The molecule has 8 heteroatoms. The standard InChI is InChI=1S/C17H12BrN3O4/c1-10-2-3-11(9-15(10)21(24)25)8-14-16(22)19-20(17(14)23)13-6-4-12(18)5-7-13/h2-9H,1H3,(H,19,22)/b14-8+. The van der Waals surface area contributed by atoms with Crippen LogP contribution < -0.4 is 10.4 Å². The summed E-state index contributed by atoms with van der Waals surface area (Å²) < 4.78 is 0.844. The Hall–Kier alpha value is -3.00. The lowest BCUT2D eigenvalue weighted by atomic mass is 10.1. The number of halogens is 1. The summed E-state index contributed by atoms with van der Waals surface area (Å²) in [5.74, 6) is -1.08. The molecule has 0 atom stereocenters. The summed E-state index contributed by atoms with van der Waals surface area (Å²) in [4.78, 5) is 35.2. The molecule has 126 valence electrons. The summed E-state index contributed by atoms with van der Waals surface area (Å²) >= 11 is 3.30. The van der Waals surface area contributed by atoms with Gasteiger partial charge in [-0.05, 0) is 42.8 Å². The summed E-state index contributed by atoms with van der Waals surface area (Å²) in [6, 6.07) is 11.4. The molecule has 0 aromatic heterocycles. The van der Waals surface area contributed by atoms with E-state index in [1.165, 1.54) is 12.1 Å². The second-order valence-corrected chi connectivity index (χ2v) is 6.33. The lowest BCUT2D eigenvalue weighted by Crippen LogP contribution is -2.35. The van der Waals surface area contributed by atoms with E-state index in [0.717, 1.165) is 9.48 Å². The van der Waals surface area contributed by atoms with E-state index in [2.05, 4.69) is 21.4 Å². The van der Waals surface area contributed by atoms with Crippen molar-refractivity contribution in [2.75, 3.05) is 5.01 Å². The Labute approximate surface area is 151 Å². The molecule has 1 saturated heterocycles. The molecule has 0 aliphatic carbocycles. The lowest BCUT2D eigenvalue weighted by Gasteiger charge is -2.14. The minimum Gasteiger partial charge on any atom is -0.267 e. The quantitative estimate of drug-likeness (QED) is 0.370. The first kappa shape index (κ1) is 16.8. The number of carbonyl (C=O) groups is 2. The van der Waals surface area contributed by atoms with Crippen molar-refractivity contribution in [2.24, 2.45) is 0 Å². The first-order valence-electron chi connectivity index (χ1n) is 7.24. The molecule has 3 rings (SSSR count). The van der Waals surface area contributed by atoms with Gasteiger partial charge < -0.3 is 0 Å². The molecule has 0 unspecified atom stereocenters. The fraction of sp³-hybridized carbons (Fsp3) is 0.0588. The average Bonchev–Trinajstić information content (AvgIpc) is 2.85. The summed E-state index contributed by atoms with van der Waals surface area (Å²) in [5.41, 5.74) is 3.77. The van der Waals surface area contributed by atoms with Crippen LogP contribution in [-0.4, -0.2) is 16.7 Å². The van der Waals surface area contributed by atoms with E-state index in [9.17, 15) is 19.7 Å². The van der Waals surface area contributed by atoms with Crippen LogP contribution in [0, 0.1) is 17.0 Å². The first-order valence-corrected chi connectivity index (χ1v) is 8.04. The number of rotatable bonds is 3. The zero-order valence-electron chi connectivity index (χ0n) is 13.0. The third-order valence-electron chi connectivity index (χ3n) is 3.72. The third-order valence-corrected chi connectivity index (χ3v) is 4.25. The fourth-order valence-corrected chi connectivity index (χ4v) is 2.67. The number of nitrogens with one attached hydrogen (secondary N) is 1. The minimum absolute atomic E-state index is 0.0648. The van der Waals surface area contributed by atoms with Crippen LogP contribution in [0.15, 0.2) is 52.5 Å². The van der Waals surface area contributed by atoms with Gasteiger partial charge in [0.1, 0.15) is 5.57 Å². The van der Waals surface area contributed by atoms with E-state index in [1.807, 2.05) is 0 Å². The number of anilines is 1. The zero-order valence-corrected chi connectivity index (χ0v) is 14.6. The Bertz CT molecular complexity index is 922. The van der Waals surface area contributed by atoms with Crippen LogP contribution >= 0.6 is 15.9 Å². The number of nitrogens with zero attached hydrogens (tertiary/aromatic N) is 2. The summed E-state index contributed by atoms with van der Waals surface area (Å²) in [6.45, 7) is 1.62. The Kier molecular flexibility index (Phi) is 4.37. The van der Waals surface area contributed by atoms with Crippen molar-refractivity contribution in [3.63, 3.8) is 0 Å². The first-order chi connectivity index (χ1) is 11.9. The zero-order chi connectivity index (χ0) is 18.1. The minimum atomic E-state index is -0.559. The van der Waals surface area contributed by atoms with Gasteiger partial charge in [-0.25, -0.2) is 5.01 Å². The van der Waals surface area contributed by atoms with E-state index >= 15 is 0 Å². The van der Waals surface area contributed by atoms with Gasteiger partial charge in [-0.1, -0.05) is 28.1 Å². The van der Waals surface area contributed by atoms with Gasteiger partial charge in [-0.15, -0.1) is 0 Å².